The predicted molar refractivity (Wildman–Crippen MR) is 149 cm³/mol. The molecule has 0 aliphatic rings. The highest BCUT2D eigenvalue weighted by atomic mass is 16.5. The fourth-order valence-corrected chi connectivity index (χ4v) is 4.71. The van der Waals surface area contributed by atoms with Crippen molar-refractivity contribution in [3.05, 3.63) is 125 Å². The maximum absolute atomic E-state index is 12.9. The highest BCUT2D eigenvalue weighted by Gasteiger charge is 2.11. The van der Waals surface area contributed by atoms with Gasteiger partial charge < -0.3 is 13.9 Å². The van der Waals surface area contributed by atoms with Crippen LogP contribution in [0.25, 0.3) is 16.6 Å². The Balaban J connectivity index is 1.36. The lowest BCUT2D eigenvalue weighted by molar-refractivity contribution is 0.0600. The van der Waals surface area contributed by atoms with E-state index in [1.54, 1.807) is 18.3 Å². The van der Waals surface area contributed by atoms with Crippen molar-refractivity contribution in [2.24, 2.45) is 5.10 Å². The maximum Gasteiger partial charge on any atom is 0.337 e. The van der Waals surface area contributed by atoms with Crippen LogP contribution in [0.3, 0.4) is 0 Å². The highest BCUT2D eigenvalue weighted by molar-refractivity contribution is 6.00. The number of hydrazone groups is 1. The number of fused-ring (bicyclic) bond motifs is 1. The molecular weight excluding hydrogens is 476 g/mol. The molecule has 190 valence electrons. The van der Waals surface area contributed by atoms with Gasteiger partial charge in [0.05, 0.1) is 18.9 Å². The van der Waals surface area contributed by atoms with Crippen LogP contribution in [0.4, 0.5) is 0 Å². The minimum atomic E-state index is -0.364. The van der Waals surface area contributed by atoms with Crippen LogP contribution >= 0.6 is 0 Å². The largest absolute Gasteiger partial charge is 0.465 e. The topological polar surface area (TPSA) is 77.6 Å². The van der Waals surface area contributed by atoms with Crippen LogP contribution in [0.15, 0.2) is 96.2 Å². The Morgan fingerprint density at radius 2 is 1.63 bits per heavy atom. The van der Waals surface area contributed by atoms with Crippen molar-refractivity contribution in [1.29, 1.82) is 0 Å². The average Bonchev–Trinajstić information content (AvgIpc) is 3.46. The monoisotopic (exact) mass is 504 g/mol. The molecule has 0 aliphatic heterocycles. The van der Waals surface area contributed by atoms with Crippen LogP contribution in [0.2, 0.25) is 0 Å². The summed E-state index contributed by atoms with van der Waals surface area (Å²) in [4.78, 5) is 24.8. The summed E-state index contributed by atoms with van der Waals surface area (Å²) in [7, 11) is 1.37. The Morgan fingerprint density at radius 1 is 0.895 bits per heavy atom. The summed E-state index contributed by atoms with van der Waals surface area (Å²) in [5.74, 6) is -0.647. The quantitative estimate of drug-likeness (QED) is 0.177. The van der Waals surface area contributed by atoms with Crippen molar-refractivity contribution in [2.75, 3.05) is 7.11 Å². The molecule has 2 aromatic heterocycles. The van der Waals surface area contributed by atoms with Crippen LogP contribution in [-0.2, 0) is 11.3 Å². The fraction of sp³-hybridized carbons (Fsp3) is 0.129. The lowest BCUT2D eigenvalue weighted by Gasteiger charge is -2.10. The number of esters is 1. The summed E-state index contributed by atoms with van der Waals surface area (Å²) < 4.78 is 9.05. The fourth-order valence-electron chi connectivity index (χ4n) is 4.71. The molecule has 38 heavy (non-hydrogen) atoms. The zero-order valence-electron chi connectivity index (χ0n) is 21.5. The summed E-state index contributed by atoms with van der Waals surface area (Å²) in [6, 6.07) is 27.0. The lowest BCUT2D eigenvalue weighted by Crippen LogP contribution is -2.18. The normalized spacial score (nSPS) is 11.2. The van der Waals surface area contributed by atoms with E-state index >= 15 is 0 Å². The lowest BCUT2D eigenvalue weighted by atomic mass is 10.1. The van der Waals surface area contributed by atoms with Crippen LogP contribution in [0.5, 0.6) is 0 Å². The molecule has 0 aliphatic carbocycles. The number of carbonyl (C=O) groups excluding carboxylic acids is 2. The number of amides is 1. The standard InChI is InChI=1S/C31H28N4O3/c1-21-14-15-22(2)35(21)27-11-7-9-24(17-27)30(36)33-32-18-26-20-34(29-13-5-4-12-28(26)29)19-23-8-6-10-25(16-23)31(37)38-3/h4-18,20H,19H2,1-3H3,(H,33,36)/b32-18-. The molecule has 5 rings (SSSR count). The van der Waals surface area contributed by atoms with Gasteiger partial charge in [-0.2, -0.15) is 5.10 Å². The molecule has 0 radical (unpaired) electrons. The molecule has 0 unspecified atom stereocenters. The molecule has 7 heteroatoms. The molecule has 2 heterocycles. The minimum Gasteiger partial charge on any atom is -0.465 e. The van der Waals surface area contributed by atoms with E-state index in [1.807, 2.05) is 80.7 Å². The number of aromatic nitrogens is 2. The molecular formula is C31H28N4O3. The van der Waals surface area contributed by atoms with Gasteiger partial charge in [-0.25, -0.2) is 10.2 Å². The summed E-state index contributed by atoms with van der Waals surface area (Å²) in [6.45, 7) is 4.64. The molecule has 0 bridgehead atoms. The number of para-hydroxylation sites is 1. The second kappa shape index (κ2) is 10.6. The Bertz CT molecular complexity index is 1660. The third kappa shape index (κ3) is 4.99. The molecule has 1 N–H and O–H groups in total. The zero-order valence-corrected chi connectivity index (χ0v) is 21.5. The molecule has 1 amide bonds. The van der Waals surface area contributed by atoms with E-state index in [0.29, 0.717) is 17.7 Å². The first-order chi connectivity index (χ1) is 18.4. The predicted octanol–water partition coefficient (Wildman–Crippen LogP) is 5.65. The van der Waals surface area contributed by atoms with Gasteiger partial charge in [-0.3, -0.25) is 4.79 Å². The molecule has 5 aromatic rings. The van der Waals surface area contributed by atoms with Crippen molar-refractivity contribution in [2.45, 2.75) is 20.4 Å². The first kappa shape index (κ1) is 24.8. The van der Waals surface area contributed by atoms with Crippen LogP contribution in [0, 0.1) is 13.8 Å². The highest BCUT2D eigenvalue weighted by Crippen LogP contribution is 2.22. The van der Waals surface area contributed by atoms with Gasteiger partial charge in [0.25, 0.3) is 5.91 Å². The van der Waals surface area contributed by atoms with E-state index in [1.165, 1.54) is 7.11 Å². The van der Waals surface area contributed by atoms with Crippen molar-refractivity contribution in [3.63, 3.8) is 0 Å². The zero-order chi connectivity index (χ0) is 26.6. The van der Waals surface area contributed by atoms with Gasteiger partial charge in [-0.15, -0.1) is 0 Å². The van der Waals surface area contributed by atoms with Crippen LogP contribution < -0.4 is 5.43 Å². The Kier molecular flexibility index (Phi) is 6.91. The van der Waals surface area contributed by atoms with Gasteiger partial charge in [-0.05, 0) is 67.9 Å². The van der Waals surface area contributed by atoms with Gasteiger partial charge in [0.1, 0.15) is 0 Å². The van der Waals surface area contributed by atoms with E-state index in [2.05, 4.69) is 31.8 Å². The number of nitrogens with zero attached hydrogens (tertiary/aromatic N) is 3. The smallest absolute Gasteiger partial charge is 0.337 e. The summed E-state index contributed by atoms with van der Waals surface area (Å²) in [5.41, 5.74) is 9.70. The minimum absolute atomic E-state index is 0.283. The van der Waals surface area contributed by atoms with E-state index in [-0.39, 0.29) is 11.9 Å². The summed E-state index contributed by atoms with van der Waals surface area (Å²) >= 11 is 0. The Morgan fingerprint density at radius 3 is 2.42 bits per heavy atom. The number of aryl methyl sites for hydroxylation is 2. The van der Waals surface area contributed by atoms with Gasteiger partial charge in [-0.1, -0.05) is 36.4 Å². The van der Waals surface area contributed by atoms with Gasteiger partial charge in [0.15, 0.2) is 0 Å². The SMILES string of the molecule is COC(=O)c1cccc(Cn2cc(/C=N\NC(=O)c3cccc(-n4c(C)ccc4C)c3)c3ccccc32)c1. The van der Waals surface area contributed by atoms with Gasteiger partial charge in [0, 0.05) is 51.8 Å². The first-order valence-electron chi connectivity index (χ1n) is 12.3. The molecule has 0 fully saturated rings. The number of ether oxygens (including phenoxy) is 1. The van der Waals surface area contributed by atoms with Crippen molar-refractivity contribution >= 4 is 29.0 Å². The summed E-state index contributed by atoms with van der Waals surface area (Å²) in [5, 5.41) is 5.27. The van der Waals surface area contributed by atoms with E-state index in [0.717, 1.165) is 39.1 Å². The van der Waals surface area contributed by atoms with Crippen molar-refractivity contribution in [3.8, 4) is 5.69 Å². The van der Waals surface area contributed by atoms with E-state index < -0.39 is 0 Å². The molecule has 3 aromatic carbocycles. The Hall–Kier alpha value is -4.91. The van der Waals surface area contributed by atoms with Gasteiger partial charge >= 0.3 is 5.97 Å². The number of hydrogen-bond acceptors (Lipinski definition) is 4. The number of carbonyl (C=O) groups is 2. The van der Waals surface area contributed by atoms with Crippen molar-refractivity contribution in [1.82, 2.24) is 14.6 Å². The number of nitrogens with one attached hydrogen (secondary N) is 1. The molecule has 7 nitrogen and oxygen atoms in total. The number of methoxy groups -OCH3 is 1. The second-order valence-electron chi connectivity index (χ2n) is 9.12. The van der Waals surface area contributed by atoms with E-state index in [9.17, 15) is 9.59 Å². The average molecular weight is 505 g/mol. The van der Waals surface area contributed by atoms with Crippen LogP contribution in [-0.4, -0.2) is 34.3 Å². The second-order valence-corrected chi connectivity index (χ2v) is 9.12. The molecule has 0 saturated heterocycles. The number of rotatable bonds is 7. The van der Waals surface area contributed by atoms with Gasteiger partial charge in [0.2, 0.25) is 0 Å². The molecule has 0 atom stereocenters. The third-order valence-corrected chi connectivity index (χ3v) is 6.53. The third-order valence-electron chi connectivity index (χ3n) is 6.53. The first-order valence-corrected chi connectivity index (χ1v) is 12.3. The Labute approximate surface area is 221 Å². The molecule has 0 spiro atoms. The van der Waals surface area contributed by atoms with Crippen molar-refractivity contribution < 1.29 is 14.3 Å². The number of hydrogen-bond donors (Lipinski definition) is 1. The number of benzene rings is 3. The van der Waals surface area contributed by atoms with E-state index in [4.69, 9.17) is 4.74 Å². The van der Waals surface area contributed by atoms with Crippen LogP contribution in [0.1, 0.15) is 43.2 Å². The maximum atomic E-state index is 12.9. The summed E-state index contributed by atoms with van der Waals surface area (Å²) in [6.07, 6.45) is 3.65. The molecule has 0 saturated carbocycles.